The van der Waals surface area contributed by atoms with Crippen LogP contribution < -0.4 is 20.3 Å². The molecule has 2 aliphatic heterocycles. The molecule has 0 bridgehead atoms. The normalized spacial score (nSPS) is 18.1. The number of amides is 1. The van der Waals surface area contributed by atoms with Crippen molar-refractivity contribution in [1.29, 1.82) is 0 Å². The highest BCUT2D eigenvalue weighted by Crippen LogP contribution is 2.34. The average Bonchev–Trinajstić information content (AvgIpc) is 3.48. The zero-order valence-corrected chi connectivity index (χ0v) is 18.4. The Balaban J connectivity index is 1.39. The average molecular weight is 454 g/mol. The second kappa shape index (κ2) is 8.84. The monoisotopic (exact) mass is 453 g/mol. The van der Waals surface area contributed by atoms with E-state index in [-0.39, 0.29) is 24.4 Å². The summed E-state index contributed by atoms with van der Waals surface area (Å²) in [5.74, 6) is 1.06. The van der Waals surface area contributed by atoms with Crippen LogP contribution in [-0.4, -0.2) is 40.2 Å². The fourth-order valence-corrected chi connectivity index (χ4v) is 4.74. The number of nitrogens with one attached hydrogen (secondary N) is 1. The van der Waals surface area contributed by atoms with Crippen molar-refractivity contribution in [3.05, 3.63) is 52.8 Å². The molecule has 1 amide bonds. The maximum atomic E-state index is 13.2. The lowest BCUT2D eigenvalue weighted by molar-refractivity contribution is -0.115. The number of anilines is 1. The first-order valence-electron chi connectivity index (χ1n) is 10.6. The molecule has 2 atom stereocenters. The zero-order valence-electron chi connectivity index (χ0n) is 17.6. The van der Waals surface area contributed by atoms with Gasteiger partial charge in [0, 0.05) is 18.4 Å². The van der Waals surface area contributed by atoms with Crippen LogP contribution in [0.25, 0.3) is 10.9 Å². The molecular weight excluding hydrogens is 430 g/mol. The Labute approximate surface area is 188 Å². The van der Waals surface area contributed by atoms with Crippen LogP contribution in [-0.2, 0) is 16.1 Å². The molecule has 166 valence electrons. The molecule has 2 unspecified atom stereocenters. The van der Waals surface area contributed by atoms with E-state index >= 15 is 0 Å². The van der Waals surface area contributed by atoms with Crippen molar-refractivity contribution in [2.24, 2.45) is 0 Å². The van der Waals surface area contributed by atoms with Crippen molar-refractivity contribution in [3.8, 4) is 11.5 Å². The molecule has 9 heteroatoms. The SMILES string of the molecule is CC(Sc1nc2ccccc2c(=O)n1CC1CCCO1)C(=O)Nc1ccc2c(c1)OCO2. The lowest BCUT2D eigenvalue weighted by Crippen LogP contribution is -2.30. The molecule has 5 rings (SSSR count). The van der Waals surface area contributed by atoms with Gasteiger partial charge in [0.15, 0.2) is 16.7 Å². The number of thioether (sulfide) groups is 1. The largest absolute Gasteiger partial charge is 0.454 e. The van der Waals surface area contributed by atoms with E-state index < -0.39 is 5.25 Å². The molecule has 3 aromatic rings. The minimum absolute atomic E-state index is 0.0206. The summed E-state index contributed by atoms with van der Waals surface area (Å²) in [6, 6.07) is 12.5. The molecule has 1 fully saturated rings. The molecule has 8 nitrogen and oxygen atoms in total. The predicted octanol–water partition coefficient (Wildman–Crippen LogP) is 3.42. The summed E-state index contributed by atoms with van der Waals surface area (Å²) in [7, 11) is 0. The zero-order chi connectivity index (χ0) is 22.1. The van der Waals surface area contributed by atoms with Crippen LogP contribution in [0, 0.1) is 0 Å². The number of hydrogen-bond acceptors (Lipinski definition) is 7. The molecule has 1 aromatic heterocycles. The van der Waals surface area contributed by atoms with Crippen molar-refractivity contribution in [2.45, 2.75) is 42.8 Å². The van der Waals surface area contributed by atoms with Crippen molar-refractivity contribution < 1.29 is 19.0 Å². The van der Waals surface area contributed by atoms with Gasteiger partial charge in [-0.2, -0.15) is 0 Å². The third-order valence-electron chi connectivity index (χ3n) is 5.53. The molecule has 0 spiro atoms. The fourth-order valence-electron chi connectivity index (χ4n) is 3.82. The van der Waals surface area contributed by atoms with E-state index in [1.807, 2.05) is 18.2 Å². The quantitative estimate of drug-likeness (QED) is 0.452. The van der Waals surface area contributed by atoms with Crippen LogP contribution in [0.15, 0.2) is 52.4 Å². The second-order valence-corrected chi connectivity index (χ2v) is 9.09. The number of carbonyl (C=O) groups excluding carboxylic acids is 1. The lowest BCUT2D eigenvalue weighted by atomic mass is 10.2. The summed E-state index contributed by atoms with van der Waals surface area (Å²) in [5.41, 5.74) is 1.12. The summed E-state index contributed by atoms with van der Waals surface area (Å²) in [6.07, 6.45) is 1.87. The van der Waals surface area contributed by atoms with E-state index in [2.05, 4.69) is 5.32 Å². The van der Waals surface area contributed by atoms with Gasteiger partial charge in [-0.05, 0) is 44.0 Å². The van der Waals surface area contributed by atoms with Gasteiger partial charge in [0.05, 0.1) is 28.8 Å². The van der Waals surface area contributed by atoms with Gasteiger partial charge in [0.25, 0.3) is 5.56 Å². The number of fused-ring (bicyclic) bond motifs is 2. The second-order valence-electron chi connectivity index (χ2n) is 7.78. The van der Waals surface area contributed by atoms with Gasteiger partial charge >= 0.3 is 0 Å². The van der Waals surface area contributed by atoms with Gasteiger partial charge in [0.2, 0.25) is 12.7 Å². The highest BCUT2D eigenvalue weighted by Gasteiger charge is 2.24. The molecule has 0 radical (unpaired) electrons. The van der Waals surface area contributed by atoms with Gasteiger partial charge in [-0.1, -0.05) is 23.9 Å². The number of para-hydroxylation sites is 1. The summed E-state index contributed by atoms with van der Waals surface area (Å²) in [4.78, 5) is 30.8. The van der Waals surface area contributed by atoms with Crippen LogP contribution in [0.1, 0.15) is 19.8 Å². The minimum Gasteiger partial charge on any atom is -0.454 e. The first-order chi connectivity index (χ1) is 15.6. The van der Waals surface area contributed by atoms with Gasteiger partial charge in [-0.25, -0.2) is 4.98 Å². The summed E-state index contributed by atoms with van der Waals surface area (Å²) >= 11 is 1.26. The summed E-state index contributed by atoms with van der Waals surface area (Å²) in [5, 5.41) is 3.49. The first kappa shape index (κ1) is 20.8. The van der Waals surface area contributed by atoms with E-state index in [9.17, 15) is 9.59 Å². The standard InChI is InChI=1S/C23H23N3O5S/c1-14(21(27)24-15-8-9-19-20(11-15)31-13-30-19)32-23-25-18-7-3-2-6-17(18)22(28)26(23)12-16-5-4-10-29-16/h2-3,6-9,11,14,16H,4-5,10,12-13H2,1H3,(H,24,27). The molecule has 3 heterocycles. The number of carbonyl (C=O) groups is 1. The highest BCUT2D eigenvalue weighted by molar-refractivity contribution is 8.00. The highest BCUT2D eigenvalue weighted by atomic mass is 32.2. The van der Waals surface area contributed by atoms with E-state index in [0.29, 0.717) is 46.4 Å². The lowest BCUT2D eigenvalue weighted by Gasteiger charge is -2.18. The summed E-state index contributed by atoms with van der Waals surface area (Å²) in [6.45, 7) is 3.10. The Morgan fingerprint density at radius 3 is 2.94 bits per heavy atom. The Bertz CT molecular complexity index is 1220. The topological polar surface area (TPSA) is 91.7 Å². The van der Waals surface area contributed by atoms with Crippen LogP contribution in [0.5, 0.6) is 11.5 Å². The molecular formula is C23H23N3O5S. The number of aromatic nitrogens is 2. The molecule has 2 aromatic carbocycles. The van der Waals surface area contributed by atoms with E-state index in [1.54, 1.807) is 35.8 Å². The number of ether oxygens (including phenoxy) is 3. The van der Waals surface area contributed by atoms with Crippen molar-refractivity contribution in [2.75, 3.05) is 18.7 Å². The Morgan fingerprint density at radius 1 is 1.25 bits per heavy atom. The molecule has 32 heavy (non-hydrogen) atoms. The molecule has 1 saturated heterocycles. The Hall–Kier alpha value is -3.04. The maximum Gasteiger partial charge on any atom is 0.262 e. The Kier molecular flexibility index (Phi) is 5.75. The van der Waals surface area contributed by atoms with Crippen LogP contribution >= 0.6 is 11.8 Å². The van der Waals surface area contributed by atoms with Crippen LogP contribution in [0.2, 0.25) is 0 Å². The third-order valence-corrected chi connectivity index (χ3v) is 6.62. The van der Waals surface area contributed by atoms with Crippen molar-refractivity contribution >= 4 is 34.3 Å². The third kappa shape index (κ3) is 4.18. The number of nitrogens with zero attached hydrogens (tertiary/aromatic N) is 2. The molecule has 0 aliphatic carbocycles. The Morgan fingerprint density at radius 2 is 2.09 bits per heavy atom. The number of benzene rings is 2. The molecule has 0 saturated carbocycles. The van der Waals surface area contributed by atoms with Crippen LogP contribution in [0.4, 0.5) is 5.69 Å². The van der Waals surface area contributed by atoms with Crippen molar-refractivity contribution in [3.63, 3.8) is 0 Å². The van der Waals surface area contributed by atoms with Gasteiger partial charge in [0.1, 0.15) is 0 Å². The van der Waals surface area contributed by atoms with Crippen molar-refractivity contribution in [1.82, 2.24) is 9.55 Å². The van der Waals surface area contributed by atoms with Gasteiger partial charge in [-0.15, -0.1) is 0 Å². The van der Waals surface area contributed by atoms with Gasteiger partial charge < -0.3 is 19.5 Å². The summed E-state index contributed by atoms with van der Waals surface area (Å²) < 4.78 is 18.1. The predicted molar refractivity (Wildman–Crippen MR) is 121 cm³/mol. The van der Waals surface area contributed by atoms with E-state index in [4.69, 9.17) is 19.2 Å². The van der Waals surface area contributed by atoms with Crippen LogP contribution in [0.3, 0.4) is 0 Å². The molecule has 1 N–H and O–H groups in total. The minimum atomic E-state index is -0.482. The number of rotatable bonds is 6. The smallest absolute Gasteiger partial charge is 0.262 e. The number of hydrogen-bond donors (Lipinski definition) is 1. The first-order valence-corrected chi connectivity index (χ1v) is 11.4. The maximum absolute atomic E-state index is 13.2. The molecule has 2 aliphatic rings. The van der Waals surface area contributed by atoms with E-state index in [0.717, 1.165) is 12.8 Å². The van der Waals surface area contributed by atoms with E-state index in [1.165, 1.54) is 11.8 Å². The fraction of sp³-hybridized carbons (Fsp3) is 0.348. The van der Waals surface area contributed by atoms with Gasteiger partial charge in [-0.3, -0.25) is 14.2 Å².